The lowest BCUT2D eigenvalue weighted by Gasteiger charge is -2.13. The van der Waals surface area contributed by atoms with E-state index in [1.54, 1.807) is 48.5 Å². The number of thioether (sulfide) groups is 1. The number of nitro groups is 1. The summed E-state index contributed by atoms with van der Waals surface area (Å²) in [5.74, 6) is -0.545. The molecule has 3 aromatic carbocycles. The quantitative estimate of drug-likeness (QED) is 0.121. The van der Waals surface area contributed by atoms with Crippen molar-refractivity contribution in [2.24, 2.45) is 5.10 Å². The van der Waals surface area contributed by atoms with Crippen LogP contribution in [0.3, 0.4) is 0 Å². The number of hydrazone groups is 1. The Labute approximate surface area is 212 Å². The molecule has 35 heavy (non-hydrogen) atoms. The Bertz CT molecular complexity index is 1520. The maximum Gasteiger partial charge on any atom is 0.288 e. The third-order valence-electron chi connectivity index (χ3n) is 4.73. The van der Waals surface area contributed by atoms with E-state index in [-0.39, 0.29) is 22.0 Å². The lowest BCUT2D eigenvalue weighted by molar-refractivity contribution is -0.384. The molecule has 1 heterocycles. The summed E-state index contributed by atoms with van der Waals surface area (Å²) in [4.78, 5) is 40.5. The zero-order valence-corrected chi connectivity index (χ0v) is 20.0. The molecule has 0 unspecified atom stereocenters. The van der Waals surface area contributed by atoms with Crippen molar-refractivity contribution in [2.45, 2.75) is 5.16 Å². The van der Waals surface area contributed by atoms with Crippen LogP contribution in [0.1, 0.15) is 5.56 Å². The second-order valence-electron chi connectivity index (χ2n) is 7.08. The van der Waals surface area contributed by atoms with Crippen LogP contribution in [0.15, 0.2) is 81.8 Å². The summed E-state index contributed by atoms with van der Waals surface area (Å²) in [7, 11) is 0. The van der Waals surface area contributed by atoms with Gasteiger partial charge in [0.2, 0.25) is 0 Å². The molecular weight excluding hydrogens is 513 g/mol. The minimum Gasteiger partial charge on any atom is -0.272 e. The van der Waals surface area contributed by atoms with Crippen molar-refractivity contribution in [2.75, 3.05) is 5.75 Å². The van der Waals surface area contributed by atoms with Gasteiger partial charge in [-0.1, -0.05) is 53.2 Å². The van der Waals surface area contributed by atoms with Crippen molar-refractivity contribution in [1.82, 2.24) is 15.0 Å². The van der Waals surface area contributed by atoms with Crippen molar-refractivity contribution in [3.63, 3.8) is 0 Å². The highest BCUT2D eigenvalue weighted by molar-refractivity contribution is 7.99. The van der Waals surface area contributed by atoms with E-state index in [0.717, 1.165) is 11.8 Å². The van der Waals surface area contributed by atoms with Gasteiger partial charge in [-0.2, -0.15) is 5.10 Å². The third kappa shape index (κ3) is 5.68. The van der Waals surface area contributed by atoms with E-state index in [9.17, 15) is 19.7 Å². The van der Waals surface area contributed by atoms with Crippen LogP contribution in [-0.2, 0) is 4.79 Å². The Hall–Kier alpha value is -3.73. The Morgan fingerprint density at radius 3 is 2.63 bits per heavy atom. The van der Waals surface area contributed by atoms with E-state index in [4.69, 9.17) is 23.2 Å². The molecule has 0 aliphatic heterocycles. The van der Waals surface area contributed by atoms with Gasteiger partial charge in [0.15, 0.2) is 5.16 Å². The zero-order valence-electron chi connectivity index (χ0n) is 17.7. The summed E-state index contributed by atoms with van der Waals surface area (Å²) in [5.41, 5.74) is 3.27. The highest BCUT2D eigenvalue weighted by Crippen LogP contribution is 2.25. The van der Waals surface area contributed by atoms with E-state index >= 15 is 0 Å². The van der Waals surface area contributed by atoms with Crippen molar-refractivity contribution < 1.29 is 9.72 Å². The molecule has 0 bridgehead atoms. The first-order chi connectivity index (χ1) is 16.8. The first kappa shape index (κ1) is 24.4. The van der Waals surface area contributed by atoms with Crippen LogP contribution in [0, 0.1) is 10.1 Å². The largest absolute Gasteiger partial charge is 0.288 e. The summed E-state index contributed by atoms with van der Waals surface area (Å²) in [5, 5.41) is 16.1. The van der Waals surface area contributed by atoms with Crippen molar-refractivity contribution in [3.05, 3.63) is 103 Å². The van der Waals surface area contributed by atoms with Gasteiger partial charge in [0.1, 0.15) is 5.02 Å². The third-order valence-corrected chi connectivity index (χ3v) is 6.24. The molecule has 0 radical (unpaired) electrons. The topological polar surface area (TPSA) is 119 Å². The zero-order chi connectivity index (χ0) is 24.9. The Balaban J connectivity index is 1.53. The highest BCUT2D eigenvalue weighted by atomic mass is 35.5. The number of para-hydroxylation sites is 1. The monoisotopic (exact) mass is 527 g/mol. The lowest BCUT2D eigenvalue weighted by atomic mass is 10.2. The number of carbonyl (C=O) groups is 1. The van der Waals surface area contributed by atoms with Crippen molar-refractivity contribution >= 4 is 63.7 Å². The fourth-order valence-corrected chi connectivity index (χ4v) is 4.24. The second kappa shape index (κ2) is 10.7. The number of rotatable bonds is 7. The van der Waals surface area contributed by atoms with Crippen LogP contribution in [0.5, 0.6) is 0 Å². The lowest BCUT2D eigenvalue weighted by Crippen LogP contribution is -2.24. The van der Waals surface area contributed by atoms with Crippen LogP contribution in [0.2, 0.25) is 10.0 Å². The summed E-state index contributed by atoms with van der Waals surface area (Å²) >= 11 is 12.8. The molecule has 0 fully saturated rings. The number of hydrogen-bond donors (Lipinski definition) is 1. The summed E-state index contributed by atoms with van der Waals surface area (Å²) in [6.45, 7) is 0. The Morgan fingerprint density at radius 1 is 1.14 bits per heavy atom. The van der Waals surface area contributed by atoms with Crippen LogP contribution < -0.4 is 11.0 Å². The Kier molecular flexibility index (Phi) is 7.45. The highest BCUT2D eigenvalue weighted by Gasteiger charge is 2.15. The fourth-order valence-electron chi connectivity index (χ4n) is 3.12. The number of nitrogens with one attached hydrogen (secondary N) is 1. The predicted molar refractivity (Wildman–Crippen MR) is 137 cm³/mol. The SMILES string of the molecule is O=C(CSc1nc2ccccc2c(=O)n1-c1ccc(Cl)cc1)N/N=C/c1ccc(Cl)c([N+](=O)[O-])c1. The first-order valence-electron chi connectivity index (χ1n) is 10.00. The van der Waals surface area contributed by atoms with Crippen LogP contribution in [0.4, 0.5) is 5.69 Å². The van der Waals surface area contributed by atoms with Gasteiger partial charge in [-0.15, -0.1) is 0 Å². The first-order valence-corrected chi connectivity index (χ1v) is 11.7. The average molecular weight is 528 g/mol. The molecule has 0 saturated carbocycles. The minimum absolute atomic E-state index is 0.00204. The molecule has 12 heteroatoms. The normalized spacial score (nSPS) is 11.1. The van der Waals surface area contributed by atoms with E-state index < -0.39 is 10.8 Å². The molecule has 0 spiro atoms. The number of amides is 1. The van der Waals surface area contributed by atoms with Gasteiger partial charge in [-0.25, -0.2) is 10.4 Å². The van der Waals surface area contributed by atoms with Gasteiger partial charge >= 0.3 is 0 Å². The molecule has 1 N–H and O–H groups in total. The van der Waals surface area contributed by atoms with E-state index in [2.05, 4.69) is 15.5 Å². The van der Waals surface area contributed by atoms with Gasteiger partial charge in [-0.3, -0.25) is 24.3 Å². The predicted octanol–water partition coefficient (Wildman–Crippen LogP) is 4.84. The molecular formula is C23H15Cl2N5O4S. The molecule has 0 aliphatic rings. The van der Waals surface area contributed by atoms with E-state index in [0.29, 0.717) is 32.3 Å². The van der Waals surface area contributed by atoms with Crippen LogP contribution in [-0.4, -0.2) is 32.3 Å². The van der Waals surface area contributed by atoms with Gasteiger partial charge in [0.25, 0.3) is 17.2 Å². The van der Waals surface area contributed by atoms with Gasteiger partial charge < -0.3 is 0 Å². The number of hydrogen-bond acceptors (Lipinski definition) is 7. The van der Waals surface area contributed by atoms with Crippen LogP contribution >= 0.6 is 35.0 Å². The number of aromatic nitrogens is 2. The van der Waals surface area contributed by atoms with E-state index in [1.807, 2.05) is 0 Å². The molecule has 9 nitrogen and oxygen atoms in total. The molecule has 1 amide bonds. The average Bonchev–Trinajstić information content (AvgIpc) is 2.84. The summed E-state index contributed by atoms with van der Waals surface area (Å²) in [6.07, 6.45) is 1.27. The fraction of sp³-hybridized carbons (Fsp3) is 0.0435. The molecule has 176 valence electrons. The number of halogens is 2. The minimum atomic E-state index is -0.605. The standard InChI is InChI=1S/C23H15Cl2N5O4S/c24-15-6-8-16(9-7-15)29-22(32)17-3-1-2-4-19(17)27-23(29)35-13-21(31)28-26-12-14-5-10-18(25)20(11-14)30(33)34/h1-12H,13H2,(H,28,31)/b26-12+. The summed E-state index contributed by atoms with van der Waals surface area (Å²) < 4.78 is 1.42. The molecule has 0 aliphatic carbocycles. The maximum atomic E-state index is 13.2. The second-order valence-corrected chi connectivity index (χ2v) is 8.86. The number of carbonyl (C=O) groups excluding carboxylic acids is 1. The number of nitrogens with zero attached hydrogens (tertiary/aromatic N) is 4. The van der Waals surface area contributed by atoms with Crippen LogP contribution in [0.25, 0.3) is 16.6 Å². The molecule has 0 saturated heterocycles. The van der Waals surface area contributed by atoms with Crippen molar-refractivity contribution in [3.8, 4) is 5.69 Å². The van der Waals surface area contributed by atoms with Gasteiger partial charge in [-0.05, 0) is 42.5 Å². The molecule has 4 rings (SSSR count). The number of nitro benzene ring substituents is 1. The molecule has 1 aromatic heterocycles. The van der Waals surface area contributed by atoms with E-state index in [1.165, 1.54) is 29.0 Å². The van der Waals surface area contributed by atoms with Gasteiger partial charge in [0.05, 0.1) is 33.5 Å². The number of benzene rings is 3. The Morgan fingerprint density at radius 2 is 1.89 bits per heavy atom. The maximum absolute atomic E-state index is 13.2. The molecule has 0 atom stereocenters. The smallest absolute Gasteiger partial charge is 0.272 e. The summed E-state index contributed by atoms with van der Waals surface area (Å²) in [6, 6.07) is 17.8. The number of fused-ring (bicyclic) bond motifs is 1. The molecule has 4 aromatic rings. The van der Waals surface area contributed by atoms with Crippen molar-refractivity contribution in [1.29, 1.82) is 0 Å². The van der Waals surface area contributed by atoms with Gasteiger partial charge in [0, 0.05) is 16.7 Å².